The van der Waals surface area contributed by atoms with Gasteiger partial charge in [-0.2, -0.15) is 0 Å². The molecule has 0 aliphatic carbocycles. The molecular formula is C10H18N2O2S. The molecule has 0 aliphatic heterocycles. The maximum absolute atomic E-state index is 9.20. The second kappa shape index (κ2) is 5.55. The van der Waals surface area contributed by atoms with Gasteiger partial charge in [0.25, 0.3) is 0 Å². The molecule has 2 atom stereocenters. The minimum Gasteiger partial charge on any atom is -0.394 e. The van der Waals surface area contributed by atoms with Gasteiger partial charge in [-0.1, -0.05) is 0 Å². The molecule has 86 valence electrons. The molecule has 0 saturated carbocycles. The maximum atomic E-state index is 9.20. The summed E-state index contributed by atoms with van der Waals surface area (Å²) in [4.78, 5) is 5.63. The third kappa shape index (κ3) is 3.53. The van der Waals surface area contributed by atoms with Crippen LogP contribution in [0.1, 0.15) is 28.5 Å². The van der Waals surface area contributed by atoms with E-state index in [9.17, 15) is 5.11 Å². The van der Waals surface area contributed by atoms with Crippen LogP contribution < -0.4 is 5.32 Å². The molecule has 2 unspecified atom stereocenters. The Kier molecular flexibility index (Phi) is 4.66. The van der Waals surface area contributed by atoms with Crippen LogP contribution >= 0.6 is 11.3 Å². The Bertz CT molecular complexity index is 314. The summed E-state index contributed by atoms with van der Waals surface area (Å²) in [6.45, 7) is 6.20. The first kappa shape index (κ1) is 12.6. The minimum atomic E-state index is -0.701. The van der Waals surface area contributed by atoms with Gasteiger partial charge in [-0.05, 0) is 20.8 Å². The van der Waals surface area contributed by atoms with Crippen molar-refractivity contribution >= 4 is 11.3 Å². The smallest absolute Gasteiger partial charge is 0.0900 e. The van der Waals surface area contributed by atoms with E-state index < -0.39 is 6.10 Å². The Labute approximate surface area is 94.0 Å². The molecular weight excluding hydrogens is 212 g/mol. The summed E-state index contributed by atoms with van der Waals surface area (Å²) in [6, 6.07) is 0.108. The zero-order valence-electron chi connectivity index (χ0n) is 9.32. The van der Waals surface area contributed by atoms with Gasteiger partial charge in [0.05, 0.1) is 23.4 Å². The van der Waals surface area contributed by atoms with E-state index in [0.29, 0.717) is 6.54 Å². The second-order valence-electron chi connectivity index (χ2n) is 3.64. The highest BCUT2D eigenvalue weighted by Gasteiger charge is 2.13. The molecule has 15 heavy (non-hydrogen) atoms. The first-order valence-corrected chi connectivity index (χ1v) is 5.82. The number of aliphatic hydroxyl groups excluding tert-OH is 2. The fourth-order valence-corrected chi connectivity index (χ4v) is 2.33. The van der Waals surface area contributed by atoms with Crippen molar-refractivity contribution in [3.8, 4) is 0 Å². The number of thiazole rings is 1. The predicted octanol–water partition coefficient (Wildman–Crippen LogP) is 0.764. The lowest BCUT2D eigenvalue weighted by Crippen LogP contribution is -2.31. The Morgan fingerprint density at radius 1 is 1.47 bits per heavy atom. The van der Waals surface area contributed by atoms with Crippen LogP contribution in [0.4, 0.5) is 0 Å². The average Bonchev–Trinajstić information content (AvgIpc) is 2.53. The topological polar surface area (TPSA) is 65.4 Å². The zero-order valence-corrected chi connectivity index (χ0v) is 10.1. The first-order chi connectivity index (χ1) is 7.04. The fraction of sp³-hybridized carbons (Fsp3) is 0.700. The van der Waals surface area contributed by atoms with E-state index in [1.807, 2.05) is 20.8 Å². The molecule has 0 bridgehead atoms. The van der Waals surface area contributed by atoms with Gasteiger partial charge in [0.2, 0.25) is 0 Å². The van der Waals surface area contributed by atoms with Crippen LogP contribution in [-0.2, 0) is 0 Å². The van der Waals surface area contributed by atoms with E-state index in [-0.39, 0.29) is 12.6 Å². The number of aliphatic hydroxyl groups is 2. The molecule has 5 heteroatoms. The van der Waals surface area contributed by atoms with Gasteiger partial charge in [-0.15, -0.1) is 11.3 Å². The monoisotopic (exact) mass is 230 g/mol. The number of rotatable bonds is 5. The number of aromatic nitrogens is 1. The number of nitrogens with zero attached hydrogens (tertiary/aromatic N) is 1. The molecule has 0 fully saturated rings. The summed E-state index contributed by atoms with van der Waals surface area (Å²) in [6.07, 6.45) is -0.701. The normalized spacial score (nSPS) is 15.3. The molecule has 3 N–H and O–H groups in total. The van der Waals surface area contributed by atoms with Crippen molar-refractivity contribution in [1.29, 1.82) is 0 Å². The first-order valence-electron chi connectivity index (χ1n) is 5.00. The van der Waals surface area contributed by atoms with Gasteiger partial charge >= 0.3 is 0 Å². The highest BCUT2D eigenvalue weighted by atomic mass is 32.1. The van der Waals surface area contributed by atoms with E-state index in [4.69, 9.17) is 5.11 Å². The third-order valence-electron chi connectivity index (χ3n) is 2.22. The summed E-state index contributed by atoms with van der Waals surface area (Å²) in [5.41, 5.74) is 1.03. The largest absolute Gasteiger partial charge is 0.394 e. The Morgan fingerprint density at radius 3 is 2.60 bits per heavy atom. The molecule has 0 saturated heterocycles. The summed E-state index contributed by atoms with van der Waals surface area (Å²) in [5.74, 6) is 0. The molecule has 0 radical (unpaired) electrons. The van der Waals surface area contributed by atoms with Crippen molar-refractivity contribution in [2.45, 2.75) is 32.9 Å². The average molecular weight is 230 g/mol. The quantitative estimate of drug-likeness (QED) is 0.699. The van der Waals surface area contributed by atoms with Gasteiger partial charge in [-0.25, -0.2) is 4.98 Å². The Hall–Kier alpha value is -0.490. The lowest BCUT2D eigenvalue weighted by molar-refractivity contribution is 0.0922. The van der Waals surface area contributed by atoms with Gasteiger partial charge in [-0.3, -0.25) is 0 Å². The van der Waals surface area contributed by atoms with E-state index in [2.05, 4.69) is 10.3 Å². The van der Waals surface area contributed by atoms with Crippen molar-refractivity contribution in [2.75, 3.05) is 13.2 Å². The number of aryl methyl sites for hydroxylation is 2. The van der Waals surface area contributed by atoms with E-state index in [1.165, 1.54) is 4.88 Å². The van der Waals surface area contributed by atoms with E-state index >= 15 is 0 Å². The molecule has 0 spiro atoms. The summed E-state index contributed by atoms with van der Waals surface area (Å²) in [5, 5.41) is 22.1. The molecule has 0 aromatic carbocycles. The second-order valence-corrected chi connectivity index (χ2v) is 5.05. The van der Waals surface area contributed by atoms with Gasteiger partial charge in [0.1, 0.15) is 0 Å². The van der Waals surface area contributed by atoms with Gasteiger partial charge in [0, 0.05) is 17.5 Å². The number of hydrogen-bond donors (Lipinski definition) is 3. The molecule has 1 aromatic rings. The lowest BCUT2D eigenvalue weighted by atomic mass is 10.2. The summed E-state index contributed by atoms with van der Waals surface area (Å²) >= 11 is 1.67. The lowest BCUT2D eigenvalue weighted by Gasteiger charge is -2.14. The predicted molar refractivity (Wildman–Crippen MR) is 61.1 cm³/mol. The van der Waals surface area contributed by atoms with Crippen molar-refractivity contribution in [3.05, 3.63) is 15.6 Å². The van der Waals surface area contributed by atoms with Crippen molar-refractivity contribution in [1.82, 2.24) is 10.3 Å². The van der Waals surface area contributed by atoms with Crippen LogP contribution in [-0.4, -0.2) is 34.5 Å². The highest BCUT2D eigenvalue weighted by molar-refractivity contribution is 7.11. The zero-order chi connectivity index (χ0) is 11.4. The van der Waals surface area contributed by atoms with E-state index in [0.717, 1.165) is 10.7 Å². The number of hydrogen-bond acceptors (Lipinski definition) is 5. The van der Waals surface area contributed by atoms with Crippen LogP contribution in [0.25, 0.3) is 0 Å². The fourth-order valence-electron chi connectivity index (χ4n) is 1.42. The molecule has 4 nitrogen and oxygen atoms in total. The maximum Gasteiger partial charge on any atom is 0.0900 e. The van der Waals surface area contributed by atoms with Crippen molar-refractivity contribution in [3.63, 3.8) is 0 Å². The summed E-state index contributed by atoms with van der Waals surface area (Å²) in [7, 11) is 0. The van der Waals surface area contributed by atoms with Crippen LogP contribution in [0.3, 0.4) is 0 Å². The van der Waals surface area contributed by atoms with Crippen molar-refractivity contribution < 1.29 is 10.2 Å². The number of nitrogens with one attached hydrogen (secondary N) is 1. The third-order valence-corrected chi connectivity index (χ3v) is 3.12. The van der Waals surface area contributed by atoms with Crippen LogP contribution in [0.5, 0.6) is 0 Å². The SMILES string of the molecule is Cc1nc(C(C)NCC(O)CO)c(C)s1. The molecule has 1 aromatic heterocycles. The van der Waals surface area contributed by atoms with Crippen LogP contribution in [0.2, 0.25) is 0 Å². The minimum absolute atomic E-state index is 0.108. The molecule has 1 heterocycles. The van der Waals surface area contributed by atoms with Crippen molar-refractivity contribution in [2.24, 2.45) is 0 Å². The standard InChI is InChI=1S/C10H18N2O2S/c1-6(11-4-9(14)5-13)10-7(2)15-8(3)12-10/h6,9,11,13-14H,4-5H2,1-3H3. The van der Waals surface area contributed by atoms with Gasteiger partial charge in [0.15, 0.2) is 0 Å². The highest BCUT2D eigenvalue weighted by Crippen LogP contribution is 2.22. The van der Waals surface area contributed by atoms with Gasteiger partial charge < -0.3 is 15.5 Å². The Balaban J connectivity index is 2.53. The van der Waals surface area contributed by atoms with E-state index in [1.54, 1.807) is 11.3 Å². The molecule has 0 aliphatic rings. The Morgan fingerprint density at radius 2 is 2.13 bits per heavy atom. The van der Waals surface area contributed by atoms with Crippen LogP contribution in [0.15, 0.2) is 0 Å². The molecule has 0 amide bonds. The van der Waals surface area contributed by atoms with Crippen LogP contribution in [0, 0.1) is 13.8 Å². The summed E-state index contributed by atoms with van der Waals surface area (Å²) < 4.78 is 0. The molecule has 1 rings (SSSR count).